The van der Waals surface area contributed by atoms with E-state index < -0.39 is 53.8 Å². The third-order valence-corrected chi connectivity index (χ3v) is 11.8. The lowest BCUT2D eigenvalue weighted by Gasteiger charge is -2.41. The minimum atomic E-state index is -1.02. The number of carbonyl (C=O) groups excluding carboxylic acids is 4. The van der Waals surface area contributed by atoms with Crippen molar-refractivity contribution in [1.82, 2.24) is 25.8 Å². The third kappa shape index (κ3) is 11.2. The van der Waals surface area contributed by atoms with Gasteiger partial charge in [-0.05, 0) is 51.1 Å². The van der Waals surface area contributed by atoms with Gasteiger partial charge in [-0.25, -0.2) is 0 Å². The van der Waals surface area contributed by atoms with Gasteiger partial charge in [0.05, 0.1) is 54.3 Å². The van der Waals surface area contributed by atoms with Gasteiger partial charge in [-0.3, -0.25) is 19.2 Å². The predicted molar refractivity (Wildman–Crippen MR) is 206 cm³/mol. The molecule has 53 heavy (non-hydrogen) atoms. The molecule has 0 bridgehead atoms. The smallest absolute Gasteiger partial charge is 0.245 e. The summed E-state index contributed by atoms with van der Waals surface area (Å²) in [6.45, 7) is 15.0. The summed E-state index contributed by atoms with van der Waals surface area (Å²) in [7, 11) is 6.43. The van der Waals surface area contributed by atoms with Crippen molar-refractivity contribution in [3.63, 3.8) is 0 Å². The molecule has 2 rings (SSSR count). The molecule has 0 radical (unpaired) electrons. The summed E-state index contributed by atoms with van der Waals surface area (Å²) in [5, 5.41) is 29.9. The van der Waals surface area contributed by atoms with Gasteiger partial charge in [0.2, 0.25) is 23.6 Å². The van der Waals surface area contributed by atoms with Crippen molar-refractivity contribution in [2.75, 3.05) is 41.5 Å². The topological polar surface area (TPSA) is 170 Å². The number of hydrogen-bond acceptors (Lipinski definition) is 9. The van der Waals surface area contributed by atoms with E-state index in [1.165, 1.54) is 14.2 Å². The van der Waals surface area contributed by atoms with Crippen molar-refractivity contribution in [2.24, 2.45) is 23.7 Å². The van der Waals surface area contributed by atoms with Crippen molar-refractivity contribution in [2.45, 2.75) is 129 Å². The van der Waals surface area contributed by atoms with E-state index in [0.29, 0.717) is 24.9 Å². The summed E-state index contributed by atoms with van der Waals surface area (Å²) in [5.41, 5.74) is -0.249. The van der Waals surface area contributed by atoms with Crippen LogP contribution in [0.1, 0.15) is 92.7 Å². The van der Waals surface area contributed by atoms with Crippen molar-refractivity contribution >= 4 is 23.6 Å². The molecule has 1 heterocycles. The molecule has 1 saturated heterocycles. The number of likely N-dealkylation sites (tertiary alicyclic amines) is 1. The van der Waals surface area contributed by atoms with Crippen LogP contribution >= 0.6 is 0 Å². The number of ether oxygens (including phenoxy) is 2. The maximum absolute atomic E-state index is 14.3. The lowest BCUT2D eigenvalue weighted by Crippen LogP contribution is -2.63. The van der Waals surface area contributed by atoms with Gasteiger partial charge >= 0.3 is 0 Å². The van der Waals surface area contributed by atoms with E-state index in [4.69, 9.17) is 9.47 Å². The van der Waals surface area contributed by atoms with Gasteiger partial charge in [-0.2, -0.15) is 0 Å². The zero-order valence-electron chi connectivity index (χ0n) is 34.2. The van der Waals surface area contributed by atoms with Gasteiger partial charge in [-0.15, -0.1) is 0 Å². The summed E-state index contributed by atoms with van der Waals surface area (Å²) < 4.78 is 11.9. The second-order valence-corrected chi connectivity index (χ2v) is 15.5. The molecule has 1 aromatic rings. The molecular formula is C40H69N5O8. The number of likely N-dealkylation sites (N-methyl/N-ethyl adjacent to an activating group) is 2. The number of nitrogens with one attached hydrogen (secondary N) is 3. The molecule has 0 aliphatic carbocycles. The minimum Gasteiger partial charge on any atom is -0.396 e. The highest BCUT2D eigenvalue weighted by molar-refractivity contribution is 5.92. The van der Waals surface area contributed by atoms with Crippen LogP contribution in [0.4, 0.5) is 0 Å². The Morgan fingerprint density at radius 1 is 1.00 bits per heavy atom. The fraction of sp³-hybridized carbons (Fsp3) is 0.750. The summed E-state index contributed by atoms with van der Waals surface area (Å²) in [6.07, 6.45) is -0.118. The minimum absolute atomic E-state index is 0.0192. The molecule has 2 unspecified atom stereocenters. The molecule has 1 aromatic carbocycles. The first kappa shape index (κ1) is 46.1. The first-order valence-electron chi connectivity index (χ1n) is 19.2. The van der Waals surface area contributed by atoms with E-state index >= 15 is 0 Å². The lowest BCUT2D eigenvalue weighted by molar-refractivity contribution is -0.148. The second-order valence-electron chi connectivity index (χ2n) is 15.5. The highest BCUT2D eigenvalue weighted by atomic mass is 16.5. The molecule has 11 atom stereocenters. The van der Waals surface area contributed by atoms with Crippen molar-refractivity contribution in [3.05, 3.63) is 35.9 Å². The van der Waals surface area contributed by atoms with Crippen LogP contribution < -0.4 is 16.0 Å². The Hall–Kier alpha value is -3.10. The SMILES string of the molecule is CC[C@H](C)[C@@H]([C@@H](CC(=O)N1CCC[C@H]1[C@H](OC)[C@@H](C)C(=O)N[C@H](C)[C@@H](O)c1ccccc1)OC)N(C)C(=O)[C@@H](NC(=O)C(C)(NC)C(C)C)C(C)CO. The third-order valence-electron chi connectivity index (χ3n) is 11.8. The standard InChI is InChI=1S/C40H69N5O8/c1-13-25(4)34(44(10)38(50)33(26(5)23-46)43-39(51)40(8,41-9)24(2)3)31(52-11)22-32(47)45-21-17-20-30(45)36(53-12)27(6)37(49)42-28(7)35(48)29-18-15-14-16-19-29/h14-16,18-19,24-28,30-31,33-36,41,46,48H,13,17,20-23H2,1-12H3,(H,42,49)(H,43,51)/t25-,26?,27+,28+,30-,31+,33-,34-,35+,36+,40?/m0/s1. The zero-order chi connectivity index (χ0) is 40.2. The summed E-state index contributed by atoms with van der Waals surface area (Å²) in [5.74, 6) is -2.56. The van der Waals surface area contributed by atoms with Crippen LogP contribution in [0.5, 0.6) is 0 Å². The van der Waals surface area contributed by atoms with Crippen LogP contribution in [0, 0.1) is 23.7 Å². The fourth-order valence-corrected chi connectivity index (χ4v) is 7.41. The zero-order valence-corrected chi connectivity index (χ0v) is 34.2. The summed E-state index contributed by atoms with van der Waals surface area (Å²) >= 11 is 0. The number of nitrogens with zero attached hydrogens (tertiary/aromatic N) is 2. The number of aliphatic hydroxyl groups excluding tert-OH is 2. The van der Waals surface area contributed by atoms with E-state index in [0.717, 1.165) is 6.42 Å². The Morgan fingerprint density at radius 2 is 1.62 bits per heavy atom. The predicted octanol–water partition coefficient (Wildman–Crippen LogP) is 2.89. The van der Waals surface area contributed by atoms with E-state index in [-0.39, 0.29) is 54.5 Å². The Balaban J connectivity index is 2.29. The molecule has 1 fully saturated rings. The monoisotopic (exact) mass is 748 g/mol. The largest absolute Gasteiger partial charge is 0.396 e. The fourth-order valence-electron chi connectivity index (χ4n) is 7.41. The van der Waals surface area contributed by atoms with Gasteiger partial charge < -0.3 is 45.4 Å². The number of aliphatic hydroxyl groups is 2. The maximum atomic E-state index is 14.3. The first-order chi connectivity index (χ1) is 24.9. The van der Waals surface area contributed by atoms with Crippen LogP contribution in [-0.2, 0) is 28.7 Å². The molecule has 1 aliphatic rings. The second kappa shape index (κ2) is 21.1. The van der Waals surface area contributed by atoms with Gasteiger partial charge in [0.15, 0.2) is 0 Å². The number of benzene rings is 1. The molecule has 0 aromatic heterocycles. The highest BCUT2D eigenvalue weighted by Gasteiger charge is 2.44. The van der Waals surface area contributed by atoms with E-state index in [1.807, 2.05) is 58.0 Å². The van der Waals surface area contributed by atoms with Crippen LogP contribution in [-0.4, -0.2) is 127 Å². The summed E-state index contributed by atoms with van der Waals surface area (Å²) in [6, 6.07) is 6.68. The molecule has 1 aliphatic heterocycles. The van der Waals surface area contributed by atoms with Crippen LogP contribution in [0.15, 0.2) is 30.3 Å². The first-order valence-corrected chi connectivity index (χ1v) is 19.2. The molecule has 0 saturated carbocycles. The normalized spacial score (nSPS) is 21.0. The number of carbonyl (C=O) groups is 4. The Labute approximate surface area is 317 Å². The van der Waals surface area contributed by atoms with E-state index in [2.05, 4.69) is 16.0 Å². The van der Waals surface area contributed by atoms with Crippen molar-refractivity contribution in [1.29, 1.82) is 0 Å². The molecule has 13 nitrogen and oxygen atoms in total. The van der Waals surface area contributed by atoms with E-state index in [9.17, 15) is 29.4 Å². The van der Waals surface area contributed by atoms with Gasteiger partial charge in [0.25, 0.3) is 0 Å². The highest BCUT2D eigenvalue weighted by Crippen LogP contribution is 2.30. The van der Waals surface area contributed by atoms with Crippen LogP contribution in [0.3, 0.4) is 0 Å². The number of methoxy groups -OCH3 is 2. The van der Waals surface area contributed by atoms with Gasteiger partial charge in [0, 0.05) is 40.3 Å². The van der Waals surface area contributed by atoms with Gasteiger partial charge in [0.1, 0.15) is 6.04 Å². The van der Waals surface area contributed by atoms with E-state index in [1.54, 1.807) is 51.6 Å². The average Bonchev–Trinajstić information content (AvgIpc) is 3.65. The Kier molecular flexibility index (Phi) is 18.3. The molecule has 13 heteroatoms. The average molecular weight is 748 g/mol. The maximum Gasteiger partial charge on any atom is 0.245 e. The molecule has 0 spiro atoms. The molecule has 302 valence electrons. The number of rotatable bonds is 21. The molecule has 4 amide bonds. The number of amides is 4. The Bertz CT molecular complexity index is 1320. The van der Waals surface area contributed by atoms with Crippen molar-refractivity contribution < 1.29 is 38.9 Å². The number of hydrogen-bond donors (Lipinski definition) is 5. The van der Waals surface area contributed by atoms with Crippen LogP contribution in [0.2, 0.25) is 0 Å². The van der Waals surface area contributed by atoms with Crippen LogP contribution in [0.25, 0.3) is 0 Å². The molecular weight excluding hydrogens is 678 g/mol. The van der Waals surface area contributed by atoms with Crippen molar-refractivity contribution in [3.8, 4) is 0 Å². The molecule has 5 N–H and O–H groups in total. The quantitative estimate of drug-likeness (QED) is 0.127. The summed E-state index contributed by atoms with van der Waals surface area (Å²) in [4.78, 5) is 58.8. The Morgan fingerprint density at radius 3 is 2.13 bits per heavy atom. The lowest BCUT2D eigenvalue weighted by atomic mass is 9.86. The van der Waals surface area contributed by atoms with Gasteiger partial charge in [-0.1, -0.05) is 78.3 Å².